The molecule has 5 atom stereocenters. The highest BCUT2D eigenvalue weighted by molar-refractivity contribution is 7.15. The maximum atomic E-state index is 11.8. The minimum absolute atomic E-state index is 0.335. The Hall–Kier alpha value is -4.12. The van der Waals surface area contributed by atoms with Gasteiger partial charge in [0.1, 0.15) is 36.3 Å². The fourth-order valence-electron chi connectivity index (χ4n) is 6.81. The van der Waals surface area contributed by atoms with Gasteiger partial charge >= 0.3 is 0 Å². The van der Waals surface area contributed by atoms with Gasteiger partial charge in [-0.05, 0) is 58.9 Å². The summed E-state index contributed by atoms with van der Waals surface area (Å²) in [4.78, 5) is 5.63. The van der Waals surface area contributed by atoms with Gasteiger partial charge in [0.2, 0.25) is 0 Å². The second-order valence-electron chi connectivity index (χ2n) is 13.5. The third-order valence-corrected chi connectivity index (χ3v) is 11.1. The lowest BCUT2D eigenvalue weighted by atomic mass is 9.87. The number of nitrogens with zero attached hydrogens (tertiary/aromatic N) is 1. The van der Waals surface area contributed by atoms with E-state index in [0.717, 1.165) is 43.5 Å². The minimum atomic E-state index is -1.04. The Morgan fingerprint density at radius 3 is 1.90 bits per heavy atom. The molecule has 0 bridgehead atoms. The zero-order chi connectivity index (χ0) is 35.3. The third kappa shape index (κ3) is 8.09. The average Bonchev–Trinajstić information content (AvgIpc) is 3.51. The maximum absolute atomic E-state index is 11.8. The molecule has 266 valence electrons. The SMILES string of the molecule is OC1(C2OC(c3ccc(Cl)c(Cc4ncc(-c5ccco5)s4)c3)C(OCc3ccccc3)C(OCc3ccccc3)C2OCc2ccccc2)CC1. The van der Waals surface area contributed by atoms with Crippen LogP contribution in [0.25, 0.3) is 10.6 Å². The molecule has 1 aliphatic heterocycles. The quantitative estimate of drug-likeness (QED) is 0.119. The highest BCUT2D eigenvalue weighted by Gasteiger charge is 2.60. The molecule has 1 aliphatic carbocycles. The number of halogens is 1. The van der Waals surface area contributed by atoms with Crippen molar-refractivity contribution in [3.8, 4) is 10.6 Å². The molecule has 3 heterocycles. The summed E-state index contributed by atoms with van der Waals surface area (Å²) in [6, 6.07) is 40.0. The first-order valence-corrected chi connectivity index (χ1v) is 18.8. The van der Waals surface area contributed by atoms with Gasteiger partial charge in [-0.15, -0.1) is 11.3 Å². The summed E-state index contributed by atoms with van der Waals surface area (Å²) in [5.74, 6) is 0.784. The topological polar surface area (TPSA) is 83.2 Å². The molecule has 1 N–H and O–H groups in total. The molecule has 8 rings (SSSR count). The van der Waals surface area contributed by atoms with Crippen LogP contribution in [0.5, 0.6) is 0 Å². The number of aliphatic hydroxyl groups is 1. The molecule has 1 saturated carbocycles. The van der Waals surface area contributed by atoms with Gasteiger partial charge in [-0.3, -0.25) is 0 Å². The molecule has 2 aromatic heterocycles. The van der Waals surface area contributed by atoms with E-state index < -0.39 is 36.1 Å². The van der Waals surface area contributed by atoms with Crippen LogP contribution in [0.2, 0.25) is 5.02 Å². The van der Waals surface area contributed by atoms with E-state index in [1.807, 2.05) is 121 Å². The van der Waals surface area contributed by atoms with Crippen molar-refractivity contribution >= 4 is 22.9 Å². The lowest BCUT2D eigenvalue weighted by Gasteiger charge is -2.48. The largest absolute Gasteiger partial charge is 0.463 e. The summed E-state index contributed by atoms with van der Waals surface area (Å²) in [7, 11) is 0. The Morgan fingerprint density at radius 2 is 1.33 bits per heavy atom. The van der Waals surface area contributed by atoms with E-state index >= 15 is 0 Å². The highest BCUT2D eigenvalue weighted by atomic mass is 35.5. The molecule has 1 saturated heterocycles. The van der Waals surface area contributed by atoms with Crippen LogP contribution in [-0.2, 0) is 45.2 Å². The first-order valence-electron chi connectivity index (χ1n) is 17.6. The van der Waals surface area contributed by atoms with Gasteiger partial charge in [-0.25, -0.2) is 4.98 Å². The van der Waals surface area contributed by atoms with Gasteiger partial charge in [0.25, 0.3) is 0 Å². The van der Waals surface area contributed by atoms with Crippen LogP contribution in [-0.4, -0.2) is 40.1 Å². The molecular weight excluding hydrogens is 694 g/mol. The molecule has 4 aromatic carbocycles. The zero-order valence-corrected chi connectivity index (χ0v) is 30.1. The van der Waals surface area contributed by atoms with Crippen molar-refractivity contribution in [3.05, 3.63) is 172 Å². The second kappa shape index (κ2) is 15.9. The molecule has 0 spiro atoms. The van der Waals surface area contributed by atoms with Crippen LogP contribution in [0, 0.1) is 0 Å². The van der Waals surface area contributed by atoms with Crippen LogP contribution in [0.4, 0.5) is 0 Å². The van der Waals surface area contributed by atoms with E-state index in [9.17, 15) is 5.11 Å². The monoisotopic (exact) mass is 733 g/mol. The van der Waals surface area contributed by atoms with Crippen LogP contribution >= 0.6 is 22.9 Å². The molecule has 0 radical (unpaired) electrons. The highest BCUT2D eigenvalue weighted by Crippen LogP contribution is 2.49. The van der Waals surface area contributed by atoms with E-state index in [0.29, 0.717) is 44.1 Å². The van der Waals surface area contributed by atoms with Gasteiger partial charge in [0, 0.05) is 17.6 Å². The van der Waals surface area contributed by atoms with Crippen LogP contribution in [0.15, 0.2) is 138 Å². The van der Waals surface area contributed by atoms with Gasteiger partial charge in [-0.1, -0.05) is 115 Å². The Labute approximate surface area is 312 Å². The van der Waals surface area contributed by atoms with Crippen molar-refractivity contribution in [2.45, 2.75) is 75.2 Å². The molecule has 52 heavy (non-hydrogen) atoms. The standard InChI is InChI=1S/C43H40ClNO6S/c44-34-19-18-32(23-33(34)24-37-45-25-36(52-37)35-17-10-22-47-35)38-39(48-26-29-11-4-1-5-12-29)40(49-27-30-13-6-2-7-14-30)41(42(51-38)43(46)20-21-43)50-28-31-15-8-3-9-16-31/h1-19,22-23,25,38-42,46H,20-21,24,26-28H2. The van der Waals surface area contributed by atoms with E-state index in [1.165, 1.54) is 0 Å². The summed E-state index contributed by atoms with van der Waals surface area (Å²) in [6.45, 7) is 1.02. The van der Waals surface area contributed by atoms with Gasteiger partial charge < -0.3 is 28.5 Å². The smallest absolute Gasteiger partial charge is 0.145 e. The summed E-state index contributed by atoms with van der Waals surface area (Å²) >= 11 is 8.42. The van der Waals surface area contributed by atoms with Crippen molar-refractivity contribution < 1.29 is 28.5 Å². The van der Waals surface area contributed by atoms with E-state index in [-0.39, 0.29) is 0 Å². The number of hydrogen-bond acceptors (Lipinski definition) is 8. The Kier molecular flexibility index (Phi) is 10.7. The van der Waals surface area contributed by atoms with Crippen molar-refractivity contribution in [3.63, 3.8) is 0 Å². The lowest BCUT2D eigenvalue weighted by molar-refractivity contribution is -0.286. The van der Waals surface area contributed by atoms with E-state index in [2.05, 4.69) is 11.1 Å². The third-order valence-electron chi connectivity index (χ3n) is 9.74. The van der Waals surface area contributed by atoms with Crippen LogP contribution in [0.1, 0.15) is 51.8 Å². The van der Waals surface area contributed by atoms with Gasteiger partial charge in [0.15, 0.2) is 0 Å². The fourth-order valence-corrected chi connectivity index (χ4v) is 7.90. The zero-order valence-electron chi connectivity index (χ0n) is 28.6. The molecule has 2 fully saturated rings. The number of hydrogen-bond donors (Lipinski definition) is 1. The summed E-state index contributed by atoms with van der Waals surface area (Å²) in [5.41, 5.74) is 3.83. The molecule has 5 unspecified atom stereocenters. The minimum Gasteiger partial charge on any atom is -0.463 e. The number of thiazole rings is 1. The fraction of sp³-hybridized carbons (Fsp3) is 0.279. The number of ether oxygens (including phenoxy) is 4. The van der Waals surface area contributed by atoms with E-state index in [1.54, 1.807) is 17.6 Å². The van der Waals surface area contributed by atoms with E-state index in [4.69, 9.17) is 35.0 Å². The first-order chi connectivity index (χ1) is 25.5. The first kappa shape index (κ1) is 34.9. The summed E-state index contributed by atoms with van der Waals surface area (Å²) in [6.07, 6.45) is 2.20. The summed E-state index contributed by atoms with van der Waals surface area (Å²) in [5, 5.41) is 13.4. The van der Waals surface area contributed by atoms with Crippen molar-refractivity contribution in [2.24, 2.45) is 0 Å². The lowest BCUT2D eigenvalue weighted by Crippen LogP contribution is -2.61. The Bertz CT molecular complexity index is 2020. The van der Waals surface area contributed by atoms with Gasteiger partial charge in [-0.2, -0.15) is 0 Å². The molecule has 0 amide bonds. The maximum Gasteiger partial charge on any atom is 0.145 e. The second-order valence-corrected chi connectivity index (χ2v) is 15.0. The van der Waals surface area contributed by atoms with Crippen molar-refractivity contribution in [1.82, 2.24) is 4.98 Å². The number of benzene rings is 4. The van der Waals surface area contributed by atoms with Crippen LogP contribution < -0.4 is 0 Å². The number of furan rings is 1. The number of aromatic nitrogens is 1. The molecule has 9 heteroatoms. The number of rotatable bonds is 14. The molecule has 7 nitrogen and oxygen atoms in total. The summed E-state index contributed by atoms with van der Waals surface area (Å²) < 4.78 is 33.1. The Balaban J connectivity index is 1.16. The molecule has 2 aliphatic rings. The van der Waals surface area contributed by atoms with Gasteiger partial charge in [0.05, 0.1) is 41.6 Å². The predicted molar refractivity (Wildman–Crippen MR) is 201 cm³/mol. The average molecular weight is 734 g/mol. The normalized spacial score (nSPS) is 22.3. The predicted octanol–water partition coefficient (Wildman–Crippen LogP) is 9.37. The van der Waals surface area contributed by atoms with Crippen molar-refractivity contribution in [1.29, 1.82) is 0 Å². The Morgan fingerprint density at radius 1 is 0.731 bits per heavy atom. The molecular formula is C43H40ClNO6S. The van der Waals surface area contributed by atoms with Crippen LogP contribution in [0.3, 0.4) is 0 Å². The molecule has 6 aromatic rings. The van der Waals surface area contributed by atoms with Crippen molar-refractivity contribution in [2.75, 3.05) is 0 Å².